The van der Waals surface area contributed by atoms with Gasteiger partial charge in [0.15, 0.2) is 0 Å². The standard InChI is InChI=1S/C9H9ClN4/c10-9-3-8(1-2-11-9)12-4-7-5-13-14-6-7/h1-3,5-6H,4H2,(H,11,12)(H,13,14). The number of nitrogens with one attached hydrogen (secondary N) is 2. The summed E-state index contributed by atoms with van der Waals surface area (Å²) in [5.41, 5.74) is 2.05. The number of aromatic amines is 1. The van der Waals surface area contributed by atoms with E-state index in [1.165, 1.54) is 0 Å². The van der Waals surface area contributed by atoms with Gasteiger partial charge >= 0.3 is 0 Å². The van der Waals surface area contributed by atoms with Crippen molar-refractivity contribution in [2.45, 2.75) is 6.54 Å². The molecule has 0 spiro atoms. The van der Waals surface area contributed by atoms with E-state index < -0.39 is 0 Å². The first-order valence-electron chi connectivity index (χ1n) is 4.18. The molecule has 0 aliphatic carbocycles. The van der Waals surface area contributed by atoms with E-state index in [1.54, 1.807) is 18.5 Å². The molecule has 14 heavy (non-hydrogen) atoms. The number of anilines is 1. The lowest BCUT2D eigenvalue weighted by Crippen LogP contribution is -1.98. The van der Waals surface area contributed by atoms with E-state index >= 15 is 0 Å². The predicted molar refractivity (Wildman–Crippen MR) is 55.2 cm³/mol. The first kappa shape index (κ1) is 9.02. The Labute approximate surface area is 86.3 Å². The number of hydrogen-bond acceptors (Lipinski definition) is 3. The topological polar surface area (TPSA) is 53.6 Å². The van der Waals surface area contributed by atoms with Gasteiger partial charge in [0.05, 0.1) is 6.20 Å². The van der Waals surface area contributed by atoms with Gasteiger partial charge in [-0.1, -0.05) is 11.6 Å². The average Bonchev–Trinajstić information content (AvgIpc) is 2.67. The van der Waals surface area contributed by atoms with Crippen LogP contribution in [0.5, 0.6) is 0 Å². The summed E-state index contributed by atoms with van der Waals surface area (Å²) in [7, 11) is 0. The van der Waals surface area contributed by atoms with Gasteiger partial charge in [-0.05, 0) is 12.1 Å². The Morgan fingerprint density at radius 1 is 1.50 bits per heavy atom. The minimum absolute atomic E-state index is 0.488. The normalized spacial score (nSPS) is 10.1. The van der Waals surface area contributed by atoms with Crippen LogP contribution in [-0.4, -0.2) is 15.2 Å². The molecular formula is C9H9ClN4. The molecule has 72 valence electrons. The van der Waals surface area contributed by atoms with Crippen LogP contribution in [0.2, 0.25) is 5.15 Å². The van der Waals surface area contributed by atoms with Gasteiger partial charge in [0.1, 0.15) is 5.15 Å². The number of rotatable bonds is 3. The average molecular weight is 209 g/mol. The van der Waals surface area contributed by atoms with Gasteiger partial charge in [0.25, 0.3) is 0 Å². The highest BCUT2D eigenvalue weighted by Crippen LogP contribution is 2.12. The Balaban J connectivity index is 1.98. The number of hydrogen-bond donors (Lipinski definition) is 2. The highest BCUT2D eigenvalue weighted by molar-refractivity contribution is 6.29. The summed E-state index contributed by atoms with van der Waals surface area (Å²) in [5, 5.41) is 10.3. The van der Waals surface area contributed by atoms with Gasteiger partial charge in [-0.2, -0.15) is 5.10 Å². The Kier molecular flexibility index (Phi) is 2.65. The second-order valence-electron chi connectivity index (χ2n) is 2.83. The van der Waals surface area contributed by atoms with Crippen molar-refractivity contribution in [1.82, 2.24) is 15.2 Å². The van der Waals surface area contributed by atoms with Crippen molar-refractivity contribution in [1.29, 1.82) is 0 Å². The smallest absolute Gasteiger partial charge is 0.131 e. The summed E-state index contributed by atoms with van der Waals surface area (Å²) in [6, 6.07) is 3.65. The van der Waals surface area contributed by atoms with Crippen LogP contribution in [-0.2, 0) is 6.54 Å². The summed E-state index contributed by atoms with van der Waals surface area (Å²) in [6.07, 6.45) is 5.28. The van der Waals surface area contributed by atoms with Crippen LogP contribution in [0.3, 0.4) is 0 Å². The van der Waals surface area contributed by atoms with Crippen LogP contribution in [0.15, 0.2) is 30.7 Å². The molecule has 0 amide bonds. The van der Waals surface area contributed by atoms with Crippen LogP contribution in [0.1, 0.15) is 5.56 Å². The Hall–Kier alpha value is -1.55. The van der Waals surface area contributed by atoms with E-state index in [0.717, 1.165) is 17.8 Å². The Morgan fingerprint density at radius 2 is 2.43 bits per heavy atom. The van der Waals surface area contributed by atoms with Gasteiger partial charge in [0, 0.05) is 30.2 Å². The van der Waals surface area contributed by atoms with Crippen LogP contribution in [0, 0.1) is 0 Å². The lowest BCUT2D eigenvalue weighted by molar-refractivity contribution is 1.09. The van der Waals surface area contributed by atoms with E-state index in [2.05, 4.69) is 20.5 Å². The van der Waals surface area contributed by atoms with Gasteiger partial charge in [0.2, 0.25) is 0 Å². The minimum Gasteiger partial charge on any atom is -0.381 e. The molecule has 2 N–H and O–H groups in total. The molecule has 2 aromatic rings. The van der Waals surface area contributed by atoms with Gasteiger partial charge in [-0.15, -0.1) is 0 Å². The number of nitrogens with zero attached hydrogens (tertiary/aromatic N) is 2. The zero-order chi connectivity index (χ0) is 9.80. The quantitative estimate of drug-likeness (QED) is 0.760. The molecule has 2 heterocycles. The van der Waals surface area contributed by atoms with Crippen molar-refractivity contribution >= 4 is 17.3 Å². The third-order valence-corrected chi connectivity index (χ3v) is 1.98. The highest BCUT2D eigenvalue weighted by atomic mass is 35.5. The van der Waals surface area contributed by atoms with Crippen LogP contribution < -0.4 is 5.32 Å². The molecule has 0 saturated carbocycles. The van der Waals surface area contributed by atoms with Crippen molar-refractivity contribution < 1.29 is 0 Å². The molecule has 0 radical (unpaired) electrons. The predicted octanol–water partition coefficient (Wildman–Crippen LogP) is 2.07. The van der Waals surface area contributed by atoms with Gasteiger partial charge < -0.3 is 5.32 Å². The highest BCUT2D eigenvalue weighted by Gasteiger charge is 1.95. The first-order chi connectivity index (χ1) is 6.84. The van der Waals surface area contributed by atoms with Crippen LogP contribution >= 0.6 is 11.6 Å². The van der Waals surface area contributed by atoms with Crippen molar-refractivity contribution in [2.24, 2.45) is 0 Å². The van der Waals surface area contributed by atoms with Crippen molar-refractivity contribution in [3.8, 4) is 0 Å². The molecule has 2 aromatic heterocycles. The summed E-state index contributed by atoms with van der Waals surface area (Å²) in [4.78, 5) is 3.89. The molecule has 0 aromatic carbocycles. The van der Waals surface area contributed by atoms with Crippen molar-refractivity contribution in [3.63, 3.8) is 0 Å². The molecule has 2 rings (SSSR count). The fourth-order valence-electron chi connectivity index (χ4n) is 1.09. The van der Waals surface area contributed by atoms with E-state index in [1.807, 2.05) is 12.3 Å². The summed E-state index contributed by atoms with van der Waals surface area (Å²) in [5.74, 6) is 0. The second kappa shape index (κ2) is 4.11. The number of halogens is 1. The number of pyridine rings is 1. The second-order valence-corrected chi connectivity index (χ2v) is 3.21. The molecule has 0 saturated heterocycles. The van der Waals surface area contributed by atoms with Crippen LogP contribution in [0.25, 0.3) is 0 Å². The van der Waals surface area contributed by atoms with E-state index in [-0.39, 0.29) is 0 Å². The lowest BCUT2D eigenvalue weighted by Gasteiger charge is -2.03. The molecule has 0 bridgehead atoms. The number of aromatic nitrogens is 3. The maximum absolute atomic E-state index is 5.74. The summed E-state index contributed by atoms with van der Waals surface area (Å²) in [6.45, 7) is 0.719. The fraction of sp³-hybridized carbons (Fsp3) is 0.111. The third kappa shape index (κ3) is 2.23. The minimum atomic E-state index is 0.488. The summed E-state index contributed by atoms with van der Waals surface area (Å²) >= 11 is 5.74. The van der Waals surface area contributed by atoms with Crippen molar-refractivity contribution in [3.05, 3.63) is 41.4 Å². The first-order valence-corrected chi connectivity index (χ1v) is 4.55. The van der Waals surface area contributed by atoms with Crippen molar-refractivity contribution in [2.75, 3.05) is 5.32 Å². The van der Waals surface area contributed by atoms with Crippen LogP contribution in [0.4, 0.5) is 5.69 Å². The maximum atomic E-state index is 5.74. The molecule has 5 heteroatoms. The largest absolute Gasteiger partial charge is 0.381 e. The fourth-order valence-corrected chi connectivity index (χ4v) is 1.26. The molecule has 4 nitrogen and oxygen atoms in total. The summed E-state index contributed by atoms with van der Waals surface area (Å²) < 4.78 is 0. The Morgan fingerprint density at radius 3 is 3.14 bits per heavy atom. The Bertz CT molecular complexity index is 399. The molecular weight excluding hydrogens is 200 g/mol. The SMILES string of the molecule is Clc1cc(NCc2cn[nH]c2)ccn1. The molecule has 0 aliphatic rings. The molecule has 0 atom stereocenters. The van der Waals surface area contributed by atoms with Gasteiger partial charge in [-0.3, -0.25) is 5.10 Å². The molecule has 0 fully saturated rings. The molecule has 0 aliphatic heterocycles. The third-order valence-electron chi connectivity index (χ3n) is 1.78. The zero-order valence-corrected chi connectivity index (χ0v) is 8.12. The monoisotopic (exact) mass is 208 g/mol. The number of H-pyrrole nitrogens is 1. The zero-order valence-electron chi connectivity index (χ0n) is 7.37. The maximum Gasteiger partial charge on any atom is 0.131 e. The lowest BCUT2D eigenvalue weighted by atomic mass is 10.3. The molecule has 0 unspecified atom stereocenters. The van der Waals surface area contributed by atoms with E-state index in [4.69, 9.17) is 11.6 Å². The van der Waals surface area contributed by atoms with E-state index in [9.17, 15) is 0 Å². The van der Waals surface area contributed by atoms with Gasteiger partial charge in [-0.25, -0.2) is 4.98 Å². The van der Waals surface area contributed by atoms with E-state index in [0.29, 0.717) is 5.15 Å².